The molecule has 3 amide bonds. The Morgan fingerprint density at radius 3 is 2.17 bits per heavy atom. The van der Waals surface area contributed by atoms with Crippen molar-refractivity contribution in [2.75, 3.05) is 19.0 Å². The molecule has 40 heavy (non-hydrogen) atoms. The second kappa shape index (κ2) is 12.7. The molecule has 1 fully saturated rings. The van der Waals surface area contributed by atoms with Gasteiger partial charge in [0.15, 0.2) is 0 Å². The van der Waals surface area contributed by atoms with Gasteiger partial charge in [-0.25, -0.2) is 4.79 Å². The standard InChI is InChI=1S/C32H37N3O5/c1-32(2,3)40-29(36)21-35-28(23-14-9-6-10-15-23)19-24(22-12-7-5-8-13-22)18-27(30(35)37)34-31(38)33-25-16-11-17-26(20-25)39-4/h5-17,20,24,27-28H,18-19,21H2,1-4H3,(H2,33,34,38). The zero-order valence-corrected chi connectivity index (χ0v) is 23.4. The van der Waals surface area contributed by atoms with Gasteiger partial charge in [-0.2, -0.15) is 0 Å². The van der Waals surface area contributed by atoms with Crippen LogP contribution in [0.25, 0.3) is 0 Å². The van der Waals surface area contributed by atoms with E-state index in [0.29, 0.717) is 24.3 Å². The topological polar surface area (TPSA) is 97.0 Å². The molecular formula is C32H37N3O5. The molecule has 0 aliphatic carbocycles. The minimum absolute atomic E-state index is 0.0545. The quantitative estimate of drug-likeness (QED) is 0.374. The number of methoxy groups -OCH3 is 1. The molecule has 0 aromatic heterocycles. The number of hydrogen-bond acceptors (Lipinski definition) is 5. The normalized spacial score (nSPS) is 19.4. The lowest BCUT2D eigenvalue weighted by Crippen LogP contribution is -2.51. The molecule has 0 bridgehead atoms. The summed E-state index contributed by atoms with van der Waals surface area (Å²) in [5.74, 6) is -0.290. The molecule has 1 heterocycles. The molecule has 1 saturated heterocycles. The van der Waals surface area contributed by atoms with Crippen molar-refractivity contribution in [1.82, 2.24) is 10.2 Å². The van der Waals surface area contributed by atoms with Crippen molar-refractivity contribution in [3.63, 3.8) is 0 Å². The molecule has 3 atom stereocenters. The lowest BCUT2D eigenvalue weighted by atomic mass is 9.86. The number of hydrogen-bond donors (Lipinski definition) is 2. The Hall–Kier alpha value is -4.33. The lowest BCUT2D eigenvalue weighted by molar-refractivity contribution is -0.160. The van der Waals surface area contributed by atoms with Gasteiger partial charge in [0, 0.05) is 11.8 Å². The zero-order chi connectivity index (χ0) is 28.7. The van der Waals surface area contributed by atoms with Gasteiger partial charge >= 0.3 is 12.0 Å². The summed E-state index contributed by atoms with van der Waals surface area (Å²) >= 11 is 0. The van der Waals surface area contributed by atoms with E-state index in [1.807, 2.05) is 60.7 Å². The van der Waals surface area contributed by atoms with Crippen LogP contribution in [0.5, 0.6) is 5.75 Å². The Labute approximate surface area is 235 Å². The van der Waals surface area contributed by atoms with Gasteiger partial charge in [-0.1, -0.05) is 66.7 Å². The van der Waals surface area contributed by atoms with Gasteiger partial charge in [0.2, 0.25) is 5.91 Å². The van der Waals surface area contributed by atoms with Crippen LogP contribution in [0.15, 0.2) is 84.9 Å². The first-order chi connectivity index (χ1) is 19.1. The Balaban J connectivity index is 1.67. The number of amides is 3. The van der Waals surface area contributed by atoms with Crippen molar-refractivity contribution >= 4 is 23.6 Å². The van der Waals surface area contributed by atoms with Gasteiger partial charge in [0.05, 0.1) is 13.2 Å². The average molecular weight is 544 g/mol. The molecule has 1 aliphatic heterocycles. The van der Waals surface area contributed by atoms with Crippen molar-refractivity contribution in [1.29, 1.82) is 0 Å². The van der Waals surface area contributed by atoms with Crippen LogP contribution < -0.4 is 15.4 Å². The molecule has 0 spiro atoms. The third-order valence-electron chi connectivity index (χ3n) is 6.79. The van der Waals surface area contributed by atoms with Crippen molar-refractivity contribution < 1.29 is 23.9 Å². The van der Waals surface area contributed by atoms with Crippen LogP contribution in [-0.4, -0.2) is 48.1 Å². The third-order valence-corrected chi connectivity index (χ3v) is 6.79. The number of anilines is 1. The highest BCUT2D eigenvalue weighted by atomic mass is 16.6. The fraction of sp³-hybridized carbons (Fsp3) is 0.344. The molecule has 3 unspecified atom stereocenters. The van der Waals surface area contributed by atoms with Crippen molar-refractivity contribution in [3.8, 4) is 5.75 Å². The Bertz CT molecular complexity index is 1310. The first-order valence-corrected chi connectivity index (χ1v) is 13.5. The first kappa shape index (κ1) is 28.7. The lowest BCUT2D eigenvalue weighted by Gasteiger charge is -2.33. The molecule has 210 valence electrons. The minimum atomic E-state index is -0.869. The van der Waals surface area contributed by atoms with Crippen LogP contribution >= 0.6 is 0 Å². The Kier molecular flexibility index (Phi) is 9.09. The maximum absolute atomic E-state index is 14.2. The summed E-state index contributed by atoms with van der Waals surface area (Å²) in [5, 5.41) is 5.68. The van der Waals surface area contributed by atoms with E-state index in [4.69, 9.17) is 9.47 Å². The smallest absolute Gasteiger partial charge is 0.326 e. The molecule has 1 aliphatic rings. The van der Waals surface area contributed by atoms with Crippen molar-refractivity contribution in [2.45, 2.75) is 57.2 Å². The molecular weight excluding hydrogens is 506 g/mol. The molecule has 4 rings (SSSR count). The summed E-state index contributed by atoms with van der Waals surface area (Å²) in [4.78, 5) is 41.8. The van der Waals surface area contributed by atoms with Crippen LogP contribution in [0.2, 0.25) is 0 Å². The fourth-order valence-electron chi connectivity index (χ4n) is 5.07. The first-order valence-electron chi connectivity index (χ1n) is 13.5. The van der Waals surface area contributed by atoms with Gasteiger partial charge in [0.1, 0.15) is 23.9 Å². The molecule has 8 heteroatoms. The second-order valence-corrected chi connectivity index (χ2v) is 10.9. The number of nitrogens with one attached hydrogen (secondary N) is 2. The van der Waals surface area contributed by atoms with E-state index in [-0.39, 0.29) is 24.4 Å². The van der Waals surface area contributed by atoms with Gasteiger partial charge in [-0.15, -0.1) is 0 Å². The number of benzene rings is 3. The van der Waals surface area contributed by atoms with Gasteiger partial charge < -0.3 is 25.0 Å². The number of carbonyl (C=O) groups is 3. The van der Waals surface area contributed by atoms with Gasteiger partial charge in [-0.05, 0) is 62.8 Å². The highest BCUT2D eigenvalue weighted by Crippen LogP contribution is 2.39. The summed E-state index contributed by atoms with van der Waals surface area (Å²) in [5.41, 5.74) is 1.82. The van der Waals surface area contributed by atoms with Gasteiger partial charge in [-0.3, -0.25) is 9.59 Å². The molecule has 8 nitrogen and oxygen atoms in total. The van der Waals surface area contributed by atoms with Gasteiger partial charge in [0.25, 0.3) is 0 Å². The molecule has 3 aromatic rings. The maximum atomic E-state index is 14.2. The van der Waals surface area contributed by atoms with Crippen LogP contribution in [0.1, 0.15) is 56.7 Å². The second-order valence-electron chi connectivity index (χ2n) is 10.9. The highest BCUT2D eigenvalue weighted by Gasteiger charge is 2.40. The fourth-order valence-corrected chi connectivity index (χ4v) is 5.07. The number of esters is 1. The van der Waals surface area contributed by atoms with E-state index in [0.717, 1.165) is 11.1 Å². The molecule has 3 aromatic carbocycles. The van der Waals surface area contributed by atoms with E-state index in [9.17, 15) is 14.4 Å². The predicted octanol–water partition coefficient (Wildman–Crippen LogP) is 5.67. The number of rotatable bonds is 7. The van der Waals surface area contributed by atoms with Crippen LogP contribution in [-0.2, 0) is 14.3 Å². The number of ether oxygens (including phenoxy) is 2. The summed E-state index contributed by atoms with van der Waals surface area (Å²) in [6, 6.07) is 24.9. The third kappa shape index (κ3) is 7.62. The summed E-state index contributed by atoms with van der Waals surface area (Å²) in [7, 11) is 1.55. The summed E-state index contributed by atoms with van der Waals surface area (Å²) in [6.07, 6.45) is 0.959. The zero-order valence-electron chi connectivity index (χ0n) is 23.4. The van der Waals surface area contributed by atoms with E-state index in [2.05, 4.69) is 10.6 Å². The highest BCUT2D eigenvalue weighted by molar-refractivity contribution is 5.95. The maximum Gasteiger partial charge on any atom is 0.326 e. The van der Waals surface area contributed by atoms with E-state index < -0.39 is 23.6 Å². The summed E-state index contributed by atoms with van der Waals surface area (Å²) < 4.78 is 10.8. The minimum Gasteiger partial charge on any atom is -0.497 e. The van der Waals surface area contributed by atoms with Crippen LogP contribution in [0.4, 0.5) is 10.5 Å². The Morgan fingerprint density at radius 1 is 0.900 bits per heavy atom. The summed E-state index contributed by atoms with van der Waals surface area (Å²) in [6.45, 7) is 5.15. The molecule has 0 saturated carbocycles. The monoisotopic (exact) mass is 543 g/mol. The number of urea groups is 1. The van der Waals surface area contributed by atoms with E-state index in [1.165, 1.54) is 0 Å². The van der Waals surface area contributed by atoms with E-state index >= 15 is 0 Å². The van der Waals surface area contributed by atoms with Crippen LogP contribution in [0.3, 0.4) is 0 Å². The van der Waals surface area contributed by atoms with Crippen molar-refractivity contribution in [2.24, 2.45) is 0 Å². The van der Waals surface area contributed by atoms with E-state index in [1.54, 1.807) is 57.0 Å². The molecule has 2 N–H and O–H groups in total. The number of likely N-dealkylation sites (tertiary alicyclic amines) is 1. The van der Waals surface area contributed by atoms with Crippen molar-refractivity contribution in [3.05, 3.63) is 96.1 Å². The predicted molar refractivity (Wildman–Crippen MR) is 154 cm³/mol. The largest absolute Gasteiger partial charge is 0.497 e. The Morgan fingerprint density at radius 2 is 1.55 bits per heavy atom. The van der Waals surface area contributed by atoms with Crippen LogP contribution in [0, 0.1) is 0 Å². The number of nitrogens with zero attached hydrogens (tertiary/aromatic N) is 1. The molecule has 0 radical (unpaired) electrons. The average Bonchev–Trinajstić information content (AvgIpc) is 3.05. The SMILES string of the molecule is COc1cccc(NC(=O)NC2CC(c3ccccc3)CC(c3ccccc3)N(CC(=O)OC(C)(C)C)C2=O)c1. The number of carbonyl (C=O) groups excluding carboxylic acids is 3.